The van der Waals surface area contributed by atoms with Crippen LogP contribution in [0.1, 0.15) is 52.7 Å². The van der Waals surface area contributed by atoms with E-state index in [9.17, 15) is 0 Å². The van der Waals surface area contributed by atoms with Crippen LogP contribution in [0.5, 0.6) is 0 Å². The zero-order chi connectivity index (χ0) is 45.0. The summed E-state index contributed by atoms with van der Waals surface area (Å²) in [6.45, 7) is 11.6. The number of nitrogens with two attached hydrogens (primary N) is 2. The molecule has 20 heteroatoms. The number of imidazole rings is 2. The lowest BCUT2D eigenvalue weighted by molar-refractivity contribution is 0.0973. The number of piperidine rings is 2. The highest BCUT2D eigenvalue weighted by Gasteiger charge is 2.49. The van der Waals surface area contributed by atoms with Crippen LogP contribution in [-0.2, 0) is 9.47 Å². The first-order valence-electron chi connectivity index (χ1n) is 22.2. The number of benzene rings is 2. The number of anilines is 2. The summed E-state index contributed by atoms with van der Waals surface area (Å²) in [4.78, 5) is 23.1. The molecule has 4 fully saturated rings. The van der Waals surface area contributed by atoms with Crippen molar-refractivity contribution in [2.75, 3.05) is 49.2 Å². The van der Waals surface area contributed by atoms with Gasteiger partial charge in [0.05, 0.1) is 85.2 Å². The van der Waals surface area contributed by atoms with Crippen molar-refractivity contribution in [3.8, 4) is 11.3 Å². The van der Waals surface area contributed by atoms with Crippen LogP contribution in [0.25, 0.3) is 44.1 Å². The van der Waals surface area contributed by atoms with Crippen molar-refractivity contribution in [3.63, 3.8) is 0 Å². The van der Waals surface area contributed by atoms with Gasteiger partial charge in [0.2, 0.25) is 0 Å². The maximum Gasteiger partial charge on any atom is 0.488 e. The number of aromatic nitrogens is 10. The number of aromatic amines is 2. The van der Waals surface area contributed by atoms with Crippen LogP contribution in [0.4, 0.5) is 11.6 Å². The molecule has 8 N–H and O–H groups in total. The molecule has 0 saturated carbocycles. The van der Waals surface area contributed by atoms with Gasteiger partial charge < -0.3 is 40.8 Å². The first-order chi connectivity index (χ1) is 31.4. The molecule has 4 aliphatic rings. The molecule has 4 atom stereocenters. The van der Waals surface area contributed by atoms with Gasteiger partial charge in [-0.15, -0.1) is 0 Å². The molecule has 346 valence electrons. The Labute approximate surface area is 391 Å². The van der Waals surface area contributed by atoms with Gasteiger partial charge in [0.1, 0.15) is 22.0 Å². The molecule has 66 heavy (non-hydrogen) atoms. The fourth-order valence-corrected chi connectivity index (χ4v) is 10.6. The fraction of sp³-hybridized carbons (Fsp3) is 0.435. The van der Waals surface area contributed by atoms with E-state index in [0.29, 0.717) is 5.46 Å². The number of nitrogens with zero attached hydrogens (tertiary/aromatic N) is 10. The van der Waals surface area contributed by atoms with Crippen LogP contribution in [0.3, 0.4) is 0 Å². The SMILES string of the molecule is C.C[C@@H]1OCC2(CCN(c3ncc(Br)n4cncc34)CC2)[C@@H]1N.Cc1nc(N2CCC3(CC2)CO[C@@H](C)[C@H]3N)c2cncn2c1-c1ccc2cn[nH]c2c1.OB(O)c1ccc2cn[nH]c2c1. The average molecular weight is 962 g/mol. The van der Waals surface area contributed by atoms with E-state index in [1.165, 1.54) is 0 Å². The van der Waals surface area contributed by atoms with Crippen LogP contribution < -0.4 is 26.7 Å². The molecule has 0 aliphatic carbocycles. The molecule has 18 nitrogen and oxygen atoms in total. The molecule has 0 unspecified atom stereocenters. The zero-order valence-electron chi connectivity index (χ0n) is 36.7. The Morgan fingerprint density at radius 1 is 0.727 bits per heavy atom. The zero-order valence-corrected chi connectivity index (χ0v) is 38.3. The van der Waals surface area contributed by atoms with Gasteiger partial charge in [-0.05, 0) is 80.0 Å². The van der Waals surface area contributed by atoms with Gasteiger partial charge >= 0.3 is 7.12 Å². The van der Waals surface area contributed by atoms with Gasteiger partial charge in [-0.25, -0.2) is 19.9 Å². The summed E-state index contributed by atoms with van der Waals surface area (Å²) in [6, 6.07) is 11.7. The normalized spacial score (nSPS) is 22.2. The highest BCUT2D eigenvalue weighted by atomic mass is 79.9. The van der Waals surface area contributed by atoms with Crippen molar-refractivity contribution >= 4 is 73.0 Å². The summed E-state index contributed by atoms with van der Waals surface area (Å²) in [5, 5.41) is 33.5. The fourth-order valence-electron chi connectivity index (χ4n) is 10.3. The minimum atomic E-state index is -1.42. The van der Waals surface area contributed by atoms with Crippen molar-refractivity contribution in [2.45, 2.75) is 78.2 Å². The first-order valence-corrected chi connectivity index (χ1v) is 23.0. The van der Waals surface area contributed by atoms with Crippen molar-refractivity contribution in [1.82, 2.24) is 49.1 Å². The van der Waals surface area contributed by atoms with E-state index in [4.69, 9.17) is 36.0 Å². The summed E-state index contributed by atoms with van der Waals surface area (Å²) in [5.74, 6) is 1.99. The number of ether oxygens (including phenoxy) is 2. The summed E-state index contributed by atoms with van der Waals surface area (Å²) < 4.78 is 16.8. The predicted octanol–water partition coefficient (Wildman–Crippen LogP) is 4.62. The van der Waals surface area contributed by atoms with Crippen LogP contribution in [-0.4, -0.2) is 130 Å². The van der Waals surface area contributed by atoms with Crippen molar-refractivity contribution in [3.05, 3.63) is 90.3 Å². The highest BCUT2D eigenvalue weighted by Crippen LogP contribution is 2.44. The minimum Gasteiger partial charge on any atom is -0.423 e. The number of hydrogen-bond donors (Lipinski definition) is 6. The third-order valence-electron chi connectivity index (χ3n) is 14.4. The highest BCUT2D eigenvalue weighted by molar-refractivity contribution is 9.10. The third-order valence-corrected chi connectivity index (χ3v) is 15.0. The lowest BCUT2D eigenvalue weighted by Crippen LogP contribution is -2.50. The number of nitrogens with one attached hydrogen (secondary N) is 2. The molecule has 0 radical (unpaired) electrons. The van der Waals surface area contributed by atoms with E-state index in [2.05, 4.69) is 104 Å². The van der Waals surface area contributed by atoms with Crippen LogP contribution in [0.2, 0.25) is 0 Å². The van der Waals surface area contributed by atoms with Crippen LogP contribution >= 0.6 is 15.9 Å². The lowest BCUT2D eigenvalue weighted by Gasteiger charge is -2.41. The average Bonchev–Trinajstić information content (AvgIpc) is 4.20. The van der Waals surface area contributed by atoms with Crippen molar-refractivity contribution in [1.29, 1.82) is 0 Å². The smallest absolute Gasteiger partial charge is 0.423 e. The Hall–Kier alpha value is -5.48. The van der Waals surface area contributed by atoms with Gasteiger partial charge in [-0.3, -0.25) is 19.0 Å². The largest absolute Gasteiger partial charge is 0.488 e. The molecule has 12 rings (SSSR count). The maximum atomic E-state index is 8.84. The van der Waals surface area contributed by atoms with E-state index in [1.807, 2.05) is 35.5 Å². The number of H-pyrrole nitrogens is 2. The predicted molar refractivity (Wildman–Crippen MR) is 261 cm³/mol. The minimum absolute atomic E-state index is 0. The number of hydrogen-bond acceptors (Lipinski definition) is 14. The second kappa shape index (κ2) is 18.3. The second-order valence-electron chi connectivity index (χ2n) is 18.1. The first kappa shape index (κ1) is 45.7. The molecule has 10 heterocycles. The Kier molecular flexibility index (Phi) is 12.7. The van der Waals surface area contributed by atoms with Gasteiger partial charge in [-0.1, -0.05) is 31.7 Å². The number of halogens is 1. The van der Waals surface area contributed by atoms with E-state index in [-0.39, 0.29) is 42.5 Å². The Morgan fingerprint density at radius 3 is 1.82 bits per heavy atom. The molecular formula is C46H58BBrN14O4. The van der Waals surface area contributed by atoms with E-state index >= 15 is 0 Å². The summed E-state index contributed by atoms with van der Waals surface area (Å²) in [5.41, 5.74) is 20.6. The molecule has 2 aromatic carbocycles. The number of rotatable bonds is 4. The Balaban J connectivity index is 0.000000136. The van der Waals surface area contributed by atoms with E-state index < -0.39 is 7.12 Å². The summed E-state index contributed by atoms with van der Waals surface area (Å²) in [6.07, 6.45) is 17.3. The summed E-state index contributed by atoms with van der Waals surface area (Å²) >= 11 is 3.51. The van der Waals surface area contributed by atoms with E-state index in [1.54, 1.807) is 30.7 Å². The van der Waals surface area contributed by atoms with Crippen LogP contribution in [0, 0.1) is 17.8 Å². The van der Waals surface area contributed by atoms with Gasteiger partial charge in [0.25, 0.3) is 0 Å². The van der Waals surface area contributed by atoms with E-state index in [0.717, 1.165) is 131 Å². The lowest BCUT2D eigenvalue weighted by atomic mass is 9.73. The molecular weight excluding hydrogens is 903 g/mol. The summed E-state index contributed by atoms with van der Waals surface area (Å²) in [7, 11) is -1.42. The second-order valence-corrected chi connectivity index (χ2v) is 18.9. The molecule has 4 aliphatic heterocycles. The third kappa shape index (κ3) is 8.22. The quantitative estimate of drug-likeness (QED) is 0.132. The molecule has 0 bridgehead atoms. The maximum absolute atomic E-state index is 8.84. The molecule has 4 saturated heterocycles. The molecule has 6 aromatic heterocycles. The molecule has 2 spiro atoms. The Morgan fingerprint density at radius 2 is 1.26 bits per heavy atom. The Bertz CT molecular complexity index is 2950. The molecule has 0 amide bonds. The number of aryl methyl sites for hydroxylation is 1. The van der Waals surface area contributed by atoms with Gasteiger partial charge in [0, 0.05) is 65.4 Å². The monoisotopic (exact) mass is 960 g/mol. The number of fused-ring (bicyclic) bond motifs is 4. The van der Waals surface area contributed by atoms with Crippen molar-refractivity contribution in [2.24, 2.45) is 22.3 Å². The topological polar surface area (TPSA) is 235 Å². The van der Waals surface area contributed by atoms with Gasteiger partial charge in [-0.2, -0.15) is 10.2 Å². The standard InChI is InChI=1S/C23H27N7O.C15H20BrN5O.C7H7BN2O2.CH4/c1-14-20(16-3-4-17-10-26-28-18(17)9-16)30-13-25-11-19(30)22(27-14)29-7-5-23(6-8-29)12-31-15(2)21(23)24;1-10-13(17)15(8-22-10)2-4-20(5-3-15)14-11-6-18-9-21(11)12(16)7-19-14;11-8(12)6-2-1-5-4-9-10-7(5)3-6;/h3-4,9-11,13,15,21H,5-8,12,24H2,1-2H3,(H,26,28);6-7,9-10,13H,2-5,8,17H2,1H3;1-4,11-12H,(H,9,10);1H4/t15-,21+;10-,13+;;/m00../s1. The molecule has 8 aromatic rings. The van der Waals surface area contributed by atoms with Crippen LogP contribution in [0.15, 0.2) is 84.6 Å². The van der Waals surface area contributed by atoms with Crippen molar-refractivity contribution < 1.29 is 19.5 Å². The van der Waals surface area contributed by atoms with Gasteiger partial charge in [0.15, 0.2) is 11.6 Å².